The molecule has 0 aromatic carbocycles. The van der Waals surface area contributed by atoms with Crippen LogP contribution in [0.1, 0.15) is 25.2 Å². The standard InChI is InChI=1S/C11H15N7O2.Er.3NO3.4H2O/c1-6(15-17-10(12)19)8-4-3-5-9(14-8)7(2)16-18-11(13)20;;3*2-1(3)4;;;;/h3-5H,1-2H3,(H3,12,17,19)(H3,13,18,20);;;;;4*1H2/q;+3;3*-1;;;;/p+4/b15-6+,16-7+;;;;;;;;. The Balaban J connectivity index is -0.0000000700. The number of carbonyl (C=O) groups is 2. The molecule has 1 radical (unpaired) electrons. The van der Waals surface area contributed by atoms with Crippen molar-refractivity contribution in [2.75, 3.05) is 0 Å². The number of urea groups is 2. The molecule has 4 amide bonds. The Morgan fingerprint density at radius 1 is 0.730 bits per heavy atom. The number of aromatic nitrogens is 1. The molecule has 1 aromatic rings. The molecule has 26 heteroatoms. The first-order valence-electron chi connectivity index (χ1n) is 7.21. The topological polar surface area (TPSA) is 478 Å². The first-order chi connectivity index (χ1) is 14.6. The fraction of sp³-hybridized carbons (Fsp3) is 0.182. The summed E-state index contributed by atoms with van der Waals surface area (Å²) in [5.41, 5.74) is 16.1. The summed E-state index contributed by atoms with van der Waals surface area (Å²) >= 11 is 0. The minimum absolute atomic E-state index is 0. The monoisotopic (exact) mass is 705 g/mol. The summed E-state index contributed by atoms with van der Waals surface area (Å²) in [6.45, 7) is 3.33. The number of nitrogens with zero attached hydrogens (tertiary/aromatic N) is 6. The molecule has 18 N–H and O–H groups in total. The van der Waals surface area contributed by atoms with Gasteiger partial charge in [-0.3, -0.25) is 0 Å². The number of nitrogens with one attached hydrogen (secondary N) is 2. The van der Waals surface area contributed by atoms with Crippen LogP contribution in [-0.2, 0) is 21.9 Å². The van der Waals surface area contributed by atoms with E-state index in [0.29, 0.717) is 22.8 Å². The van der Waals surface area contributed by atoms with Crippen molar-refractivity contribution >= 4 is 23.5 Å². The van der Waals surface area contributed by atoms with Crippen LogP contribution < -0.4 is 22.3 Å². The van der Waals surface area contributed by atoms with Gasteiger partial charge < -0.3 is 79.3 Å². The minimum atomic E-state index is -1.75. The Morgan fingerprint density at radius 2 is 0.946 bits per heavy atom. The second-order valence-corrected chi connectivity index (χ2v) is 4.43. The van der Waals surface area contributed by atoms with Gasteiger partial charge in [0.05, 0.1) is 38.1 Å². The Hall–Kier alpha value is -4.28. The Bertz CT molecular complexity index is 781. The molecule has 0 spiro atoms. The van der Waals surface area contributed by atoms with E-state index in [1.807, 2.05) is 0 Å². The van der Waals surface area contributed by atoms with Gasteiger partial charge >= 0.3 is 49.4 Å². The van der Waals surface area contributed by atoms with Crippen molar-refractivity contribution < 1.29 is 84.1 Å². The number of hydrogen-bond donors (Lipinski definition) is 4. The zero-order valence-electron chi connectivity index (χ0n) is 18.7. The second kappa shape index (κ2) is 31.7. The second-order valence-electron chi connectivity index (χ2n) is 4.43. The molecular weight excluding hydrogens is 679 g/mol. The van der Waals surface area contributed by atoms with Crippen molar-refractivity contribution in [2.45, 2.75) is 13.8 Å². The smallest absolute Gasteiger partial charge is 0.457 e. The maximum Gasteiger partial charge on any atom is 3.00 e. The average Bonchev–Trinajstić information content (AvgIpc) is 2.62. The van der Waals surface area contributed by atoms with Crippen molar-refractivity contribution in [1.29, 1.82) is 0 Å². The molecule has 0 aliphatic rings. The summed E-state index contributed by atoms with van der Waals surface area (Å²) in [6, 6.07) is 3.64. The molecule has 25 nitrogen and oxygen atoms in total. The van der Waals surface area contributed by atoms with E-state index in [4.69, 9.17) is 57.4 Å². The van der Waals surface area contributed by atoms with Gasteiger partial charge in [0, 0.05) is 0 Å². The number of pyridine rings is 1. The third kappa shape index (κ3) is 49.8. The SMILES string of the molecule is C/C(=N\NC(N)=O)c1cccc(/C(C)=N/NC(N)=O)n1.O=[N+]([O-])[O-].O=[N+]([O-])[O-].O=[N+]([O-])[O-].[Er+3].[OH3+].[OH3+].[OH3+].[OH3+]. The van der Waals surface area contributed by atoms with Crippen LogP contribution in [0.5, 0.6) is 0 Å². The molecule has 1 rings (SSSR count). The first kappa shape index (κ1) is 53.9. The maximum atomic E-state index is 10.6. The van der Waals surface area contributed by atoms with Crippen molar-refractivity contribution in [3.05, 3.63) is 75.6 Å². The largest absolute Gasteiger partial charge is 3.00 e. The molecular formula is C11H27ErN10O15+4. The summed E-state index contributed by atoms with van der Waals surface area (Å²) < 4.78 is 0. The molecule has 0 atom stereocenters. The van der Waals surface area contributed by atoms with E-state index in [1.165, 1.54) is 0 Å². The zero-order chi connectivity index (χ0) is 25.9. The molecule has 0 aliphatic heterocycles. The third-order valence-corrected chi connectivity index (χ3v) is 2.16. The minimum Gasteiger partial charge on any atom is -0.457 e. The number of carbonyl (C=O) groups excluding carboxylic acids is 2. The third-order valence-electron chi connectivity index (χ3n) is 2.16. The molecule has 0 saturated carbocycles. The summed E-state index contributed by atoms with van der Waals surface area (Å²) in [4.78, 5) is 50.2. The van der Waals surface area contributed by atoms with Crippen molar-refractivity contribution in [2.24, 2.45) is 21.7 Å². The molecule has 1 heterocycles. The molecule has 0 aliphatic carbocycles. The number of amides is 4. The van der Waals surface area contributed by atoms with Gasteiger partial charge in [-0.2, -0.15) is 10.2 Å². The summed E-state index contributed by atoms with van der Waals surface area (Å²) in [6.07, 6.45) is 0. The summed E-state index contributed by atoms with van der Waals surface area (Å²) in [5, 5.41) is 51.8. The van der Waals surface area contributed by atoms with E-state index < -0.39 is 27.3 Å². The van der Waals surface area contributed by atoms with Crippen LogP contribution in [0.15, 0.2) is 28.4 Å². The number of hydrogen-bond acceptors (Lipinski definition) is 14. The fourth-order valence-electron chi connectivity index (χ4n) is 1.23. The number of hydrazone groups is 2. The van der Waals surface area contributed by atoms with Gasteiger partial charge in [-0.25, -0.2) is 25.4 Å². The zero-order valence-corrected chi connectivity index (χ0v) is 20.5. The van der Waals surface area contributed by atoms with Crippen LogP contribution >= 0.6 is 0 Å². The van der Waals surface area contributed by atoms with Crippen LogP contribution in [0.25, 0.3) is 0 Å². The molecule has 1 aromatic heterocycles. The van der Waals surface area contributed by atoms with Gasteiger partial charge in [0.15, 0.2) is 0 Å². The molecule has 37 heavy (non-hydrogen) atoms. The van der Waals surface area contributed by atoms with Gasteiger partial charge in [-0.1, -0.05) is 6.07 Å². The average molecular weight is 707 g/mol. The normalized spacial score (nSPS) is 8.38. The van der Waals surface area contributed by atoms with Gasteiger partial charge in [0.1, 0.15) is 0 Å². The summed E-state index contributed by atoms with van der Waals surface area (Å²) in [7, 11) is 0. The van der Waals surface area contributed by atoms with Crippen LogP contribution in [0.4, 0.5) is 9.59 Å². The van der Waals surface area contributed by atoms with E-state index in [2.05, 4.69) is 26.0 Å². The first-order valence-corrected chi connectivity index (χ1v) is 7.21. The molecule has 0 unspecified atom stereocenters. The summed E-state index contributed by atoms with van der Waals surface area (Å²) in [5.74, 6) is 0. The quantitative estimate of drug-likeness (QED) is 0.0995. The number of primary amides is 2. The van der Waals surface area contributed by atoms with Crippen LogP contribution in [0.3, 0.4) is 0 Å². The van der Waals surface area contributed by atoms with Crippen molar-refractivity contribution in [3.8, 4) is 0 Å². The van der Waals surface area contributed by atoms with E-state index in [9.17, 15) is 9.59 Å². The van der Waals surface area contributed by atoms with Gasteiger partial charge in [-0.05, 0) is 26.0 Å². The molecule has 0 fully saturated rings. The van der Waals surface area contributed by atoms with Crippen molar-refractivity contribution in [3.63, 3.8) is 0 Å². The maximum absolute atomic E-state index is 10.6. The molecule has 0 saturated heterocycles. The Labute approximate surface area is 234 Å². The van der Waals surface area contributed by atoms with E-state index in [0.717, 1.165) is 0 Å². The molecule has 0 bridgehead atoms. The van der Waals surface area contributed by atoms with E-state index in [1.54, 1.807) is 32.0 Å². The van der Waals surface area contributed by atoms with E-state index in [-0.39, 0.29) is 59.2 Å². The van der Waals surface area contributed by atoms with Crippen LogP contribution in [-0.4, -0.2) is 43.7 Å². The van der Waals surface area contributed by atoms with Gasteiger partial charge in [0.2, 0.25) is 0 Å². The number of rotatable bonds is 4. The Kier molecular flexibility index (Phi) is 46.2. The van der Waals surface area contributed by atoms with E-state index >= 15 is 0 Å². The van der Waals surface area contributed by atoms with Crippen LogP contribution in [0, 0.1) is 83.3 Å². The molecule has 219 valence electrons. The van der Waals surface area contributed by atoms with Gasteiger partial charge in [0.25, 0.3) is 0 Å². The van der Waals surface area contributed by atoms with Gasteiger partial charge in [-0.15, -0.1) is 0 Å². The van der Waals surface area contributed by atoms with Crippen LogP contribution in [0.2, 0.25) is 0 Å². The predicted octanol–water partition coefficient (Wildman–Crippen LogP) is -4.54. The Morgan fingerprint density at radius 3 is 1.14 bits per heavy atom. The number of nitrogens with two attached hydrogens (primary N) is 2. The predicted molar refractivity (Wildman–Crippen MR) is 125 cm³/mol. The van der Waals surface area contributed by atoms with Crippen molar-refractivity contribution in [1.82, 2.24) is 15.8 Å². The fourth-order valence-corrected chi connectivity index (χ4v) is 1.23.